The zero-order valence-electron chi connectivity index (χ0n) is 14.8. The number of H-pyrrole nitrogens is 1. The van der Waals surface area contributed by atoms with Crippen molar-refractivity contribution >= 4 is 34.1 Å². The van der Waals surface area contributed by atoms with Gasteiger partial charge < -0.3 is 15.6 Å². The number of hydrogen-bond acceptors (Lipinski definition) is 4. The summed E-state index contributed by atoms with van der Waals surface area (Å²) in [5, 5.41) is 5.61. The van der Waals surface area contributed by atoms with Crippen LogP contribution >= 0.6 is 0 Å². The molecule has 0 saturated heterocycles. The standard InChI is InChI=1S/C19H18N4O4/c1-11(17(25)21-14-9-7-13(8-10-14)20-12(2)24)23-18(26)15-5-3-4-6-16(15)22-19(23)27/h3-11H,1-2H3,(H,20,24)(H,21,25)(H,22,27). The zero-order chi connectivity index (χ0) is 19.6. The summed E-state index contributed by atoms with van der Waals surface area (Å²) in [6, 6.07) is 12.1. The lowest BCUT2D eigenvalue weighted by molar-refractivity contribution is -0.119. The number of nitrogens with zero attached hydrogens (tertiary/aromatic N) is 1. The summed E-state index contributed by atoms with van der Waals surface area (Å²) in [6.45, 7) is 2.88. The van der Waals surface area contributed by atoms with Crippen LogP contribution in [0.4, 0.5) is 11.4 Å². The number of amides is 2. The highest BCUT2D eigenvalue weighted by Gasteiger charge is 2.20. The Hall–Kier alpha value is -3.68. The fraction of sp³-hybridized carbons (Fsp3) is 0.158. The fourth-order valence-electron chi connectivity index (χ4n) is 2.73. The van der Waals surface area contributed by atoms with Crippen LogP contribution in [0.1, 0.15) is 19.9 Å². The van der Waals surface area contributed by atoms with E-state index in [1.165, 1.54) is 13.8 Å². The Balaban J connectivity index is 1.86. The van der Waals surface area contributed by atoms with Gasteiger partial charge in [0.15, 0.2) is 0 Å². The second-order valence-corrected chi connectivity index (χ2v) is 6.07. The topological polar surface area (TPSA) is 113 Å². The Kier molecular flexibility index (Phi) is 4.89. The van der Waals surface area contributed by atoms with Gasteiger partial charge in [0, 0.05) is 18.3 Å². The fourth-order valence-corrected chi connectivity index (χ4v) is 2.73. The van der Waals surface area contributed by atoms with Crippen LogP contribution in [0.5, 0.6) is 0 Å². The number of aromatic nitrogens is 2. The van der Waals surface area contributed by atoms with Gasteiger partial charge in [-0.25, -0.2) is 9.36 Å². The number of benzene rings is 2. The zero-order valence-corrected chi connectivity index (χ0v) is 14.8. The average molecular weight is 366 g/mol. The summed E-state index contributed by atoms with van der Waals surface area (Å²) in [5.74, 6) is -0.708. The molecule has 0 radical (unpaired) electrons. The van der Waals surface area contributed by atoms with Crippen LogP contribution in [0, 0.1) is 0 Å². The number of carbonyl (C=O) groups excluding carboxylic acids is 2. The molecule has 1 unspecified atom stereocenters. The molecular weight excluding hydrogens is 348 g/mol. The summed E-state index contributed by atoms with van der Waals surface area (Å²) in [7, 11) is 0. The van der Waals surface area contributed by atoms with E-state index in [9.17, 15) is 19.2 Å². The molecule has 2 amide bonds. The highest BCUT2D eigenvalue weighted by atomic mass is 16.2. The molecule has 1 atom stereocenters. The van der Waals surface area contributed by atoms with Crippen LogP contribution in [0.3, 0.4) is 0 Å². The molecule has 1 aromatic heterocycles. The first-order valence-electron chi connectivity index (χ1n) is 8.29. The van der Waals surface area contributed by atoms with Crippen molar-refractivity contribution in [3.63, 3.8) is 0 Å². The van der Waals surface area contributed by atoms with Crippen LogP contribution in [-0.4, -0.2) is 21.4 Å². The number of rotatable bonds is 4. The highest BCUT2D eigenvalue weighted by molar-refractivity contribution is 5.94. The molecular formula is C19H18N4O4. The van der Waals surface area contributed by atoms with Crippen molar-refractivity contribution in [2.75, 3.05) is 10.6 Å². The number of aromatic amines is 1. The van der Waals surface area contributed by atoms with Gasteiger partial charge in [0.05, 0.1) is 10.9 Å². The lowest BCUT2D eigenvalue weighted by Gasteiger charge is -2.15. The van der Waals surface area contributed by atoms with E-state index in [2.05, 4.69) is 15.6 Å². The van der Waals surface area contributed by atoms with Crippen molar-refractivity contribution in [2.45, 2.75) is 19.9 Å². The van der Waals surface area contributed by atoms with E-state index in [1.807, 2.05) is 0 Å². The molecule has 0 aliphatic rings. The summed E-state index contributed by atoms with van der Waals surface area (Å²) in [5.41, 5.74) is 0.312. The Morgan fingerprint density at radius 3 is 2.19 bits per heavy atom. The SMILES string of the molecule is CC(=O)Nc1ccc(NC(=O)C(C)n2c(=O)[nH]c3ccccc3c2=O)cc1. The van der Waals surface area contributed by atoms with E-state index >= 15 is 0 Å². The summed E-state index contributed by atoms with van der Waals surface area (Å²) in [4.78, 5) is 51.1. The molecule has 0 saturated carbocycles. The quantitative estimate of drug-likeness (QED) is 0.654. The van der Waals surface area contributed by atoms with Crippen molar-refractivity contribution < 1.29 is 9.59 Å². The van der Waals surface area contributed by atoms with Gasteiger partial charge >= 0.3 is 5.69 Å². The van der Waals surface area contributed by atoms with E-state index in [-0.39, 0.29) is 5.91 Å². The second kappa shape index (κ2) is 7.28. The van der Waals surface area contributed by atoms with Crippen molar-refractivity contribution in [3.8, 4) is 0 Å². The maximum atomic E-state index is 12.6. The smallest absolute Gasteiger partial charge is 0.326 e. The number of carbonyl (C=O) groups is 2. The van der Waals surface area contributed by atoms with Gasteiger partial charge in [-0.3, -0.25) is 14.4 Å². The maximum Gasteiger partial charge on any atom is 0.329 e. The predicted molar refractivity (Wildman–Crippen MR) is 103 cm³/mol. The first-order chi connectivity index (χ1) is 12.9. The molecule has 0 aliphatic carbocycles. The van der Waals surface area contributed by atoms with Gasteiger partial charge in [-0.15, -0.1) is 0 Å². The first-order valence-corrected chi connectivity index (χ1v) is 8.29. The molecule has 138 valence electrons. The molecule has 27 heavy (non-hydrogen) atoms. The molecule has 2 aromatic carbocycles. The van der Waals surface area contributed by atoms with E-state index < -0.39 is 23.2 Å². The van der Waals surface area contributed by atoms with E-state index in [0.717, 1.165) is 4.57 Å². The van der Waals surface area contributed by atoms with Crippen LogP contribution in [0.15, 0.2) is 58.1 Å². The Morgan fingerprint density at radius 2 is 1.56 bits per heavy atom. The Labute approximate surface area is 153 Å². The monoisotopic (exact) mass is 366 g/mol. The molecule has 8 heteroatoms. The van der Waals surface area contributed by atoms with Crippen LogP contribution in [-0.2, 0) is 9.59 Å². The predicted octanol–water partition coefficient (Wildman–Crippen LogP) is 1.85. The van der Waals surface area contributed by atoms with E-state index in [0.29, 0.717) is 22.3 Å². The minimum absolute atomic E-state index is 0.199. The lowest BCUT2D eigenvalue weighted by Crippen LogP contribution is -2.41. The number of anilines is 2. The maximum absolute atomic E-state index is 12.6. The Morgan fingerprint density at radius 1 is 0.963 bits per heavy atom. The molecule has 0 bridgehead atoms. The van der Waals surface area contributed by atoms with Crippen molar-refractivity contribution in [1.29, 1.82) is 0 Å². The van der Waals surface area contributed by atoms with Gasteiger partial charge in [0.2, 0.25) is 11.8 Å². The number of para-hydroxylation sites is 1. The first kappa shape index (κ1) is 18.1. The lowest BCUT2D eigenvalue weighted by atomic mass is 10.2. The third-order valence-corrected chi connectivity index (χ3v) is 4.08. The molecule has 1 heterocycles. The highest BCUT2D eigenvalue weighted by Crippen LogP contribution is 2.15. The Bertz CT molecular complexity index is 1130. The van der Waals surface area contributed by atoms with Crippen molar-refractivity contribution in [2.24, 2.45) is 0 Å². The molecule has 0 fully saturated rings. The van der Waals surface area contributed by atoms with Gasteiger partial charge in [0.25, 0.3) is 5.56 Å². The van der Waals surface area contributed by atoms with Crippen molar-refractivity contribution in [3.05, 3.63) is 69.4 Å². The van der Waals surface area contributed by atoms with Crippen molar-refractivity contribution in [1.82, 2.24) is 9.55 Å². The minimum atomic E-state index is -1.01. The summed E-state index contributed by atoms with van der Waals surface area (Å²) in [6.07, 6.45) is 0. The van der Waals surface area contributed by atoms with E-state index in [1.54, 1.807) is 48.5 Å². The number of fused-ring (bicyclic) bond motifs is 1. The molecule has 3 rings (SSSR count). The number of nitrogens with one attached hydrogen (secondary N) is 3. The van der Waals surface area contributed by atoms with Gasteiger partial charge in [-0.05, 0) is 43.3 Å². The molecule has 3 aromatic rings. The third-order valence-electron chi connectivity index (χ3n) is 4.08. The van der Waals surface area contributed by atoms with Crippen LogP contribution in [0.25, 0.3) is 10.9 Å². The molecule has 0 spiro atoms. The molecule has 8 nitrogen and oxygen atoms in total. The van der Waals surface area contributed by atoms with E-state index in [4.69, 9.17) is 0 Å². The van der Waals surface area contributed by atoms with Gasteiger partial charge in [-0.2, -0.15) is 0 Å². The number of hydrogen-bond donors (Lipinski definition) is 3. The summed E-state index contributed by atoms with van der Waals surface area (Å²) < 4.78 is 0.892. The normalized spacial score (nSPS) is 11.8. The summed E-state index contributed by atoms with van der Waals surface area (Å²) >= 11 is 0. The molecule has 0 aliphatic heterocycles. The second-order valence-electron chi connectivity index (χ2n) is 6.07. The third kappa shape index (κ3) is 3.79. The average Bonchev–Trinajstić information content (AvgIpc) is 2.62. The van der Waals surface area contributed by atoms with Gasteiger partial charge in [0.1, 0.15) is 6.04 Å². The van der Waals surface area contributed by atoms with Crippen LogP contribution < -0.4 is 21.9 Å². The molecule has 3 N–H and O–H groups in total. The largest absolute Gasteiger partial charge is 0.329 e. The van der Waals surface area contributed by atoms with Crippen LogP contribution in [0.2, 0.25) is 0 Å². The van der Waals surface area contributed by atoms with Gasteiger partial charge in [-0.1, -0.05) is 12.1 Å². The minimum Gasteiger partial charge on any atom is -0.326 e.